The highest BCUT2D eigenvalue weighted by atomic mass is 35.5. The minimum absolute atomic E-state index is 0.0321. The molecule has 152 valence electrons. The number of carbonyl (C=O) groups excluding carboxylic acids is 1. The van der Waals surface area contributed by atoms with Crippen LogP contribution in [0.2, 0.25) is 5.02 Å². The van der Waals surface area contributed by atoms with Gasteiger partial charge in [0.25, 0.3) is 11.5 Å². The van der Waals surface area contributed by atoms with E-state index >= 15 is 0 Å². The molecule has 0 aliphatic rings. The molecule has 29 heavy (non-hydrogen) atoms. The molecule has 1 atom stereocenters. The third-order valence-electron chi connectivity index (χ3n) is 3.98. The first-order valence-electron chi connectivity index (χ1n) is 8.45. The Hall–Kier alpha value is -3.11. The monoisotopic (exact) mass is 423 g/mol. The van der Waals surface area contributed by atoms with Gasteiger partial charge in [0.05, 0.1) is 24.7 Å². The standard InChI is InChI=1S/C18H16ClF2N5O3/c1-10(9-27)23-16(28)14-6-15(11-2-4-12(19)5-3-11)24-26(17(14)29)13-7-22-25(8-13)18(20)21/h2-8,10,18,27H,9H2,1H3,(H,23,28)/t10-/m0/s1. The van der Waals surface area contributed by atoms with Crippen molar-refractivity contribution in [2.24, 2.45) is 0 Å². The van der Waals surface area contributed by atoms with E-state index in [-0.39, 0.29) is 23.6 Å². The van der Waals surface area contributed by atoms with Crippen LogP contribution >= 0.6 is 11.6 Å². The smallest absolute Gasteiger partial charge is 0.333 e. The van der Waals surface area contributed by atoms with Gasteiger partial charge in [-0.05, 0) is 25.1 Å². The van der Waals surface area contributed by atoms with Crippen LogP contribution in [0.3, 0.4) is 0 Å². The fourth-order valence-electron chi connectivity index (χ4n) is 2.49. The van der Waals surface area contributed by atoms with Crippen LogP contribution in [0.1, 0.15) is 23.8 Å². The molecule has 11 heteroatoms. The number of nitrogens with zero attached hydrogens (tertiary/aromatic N) is 4. The predicted octanol–water partition coefficient (Wildman–Crippen LogP) is 2.26. The van der Waals surface area contributed by atoms with Crippen LogP contribution in [0.25, 0.3) is 16.9 Å². The number of rotatable bonds is 6. The van der Waals surface area contributed by atoms with Crippen LogP contribution in [-0.2, 0) is 0 Å². The van der Waals surface area contributed by atoms with E-state index in [9.17, 15) is 18.4 Å². The fourth-order valence-corrected chi connectivity index (χ4v) is 2.61. The molecule has 0 bridgehead atoms. The highest BCUT2D eigenvalue weighted by Gasteiger charge is 2.20. The molecule has 2 heterocycles. The van der Waals surface area contributed by atoms with Gasteiger partial charge in [-0.15, -0.1) is 0 Å². The summed E-state index contributed by atoms with van der Waals surface area (Å²) in [6.45, 7) is -1.66. The van der Waals surface area contributed by atoms with Crippen LogP contribution < -0.4 is 10.9 Å². The number of halogens is 3. The molecular weight excluding hydrogens is 408 g/mol. The summed E-state index contributed by atoms with van der Waals surface area (Å²) in [6, 6.07) is 7.19. The van der Waals surface area contributed by atoms with Crippen molar-refractivity contribution in [2.75, 3.05) is 6.61 Å². The minimum Gasteiger partial charge on any atom is -0.394 e. The SMILES string of the molecule is C[C@@H](CO)NC(=O)c1cc(-c2ccc(Cl)cc2)nn(-c2cnn(C(F)F)c2)c1=O. The van der Waals surface area contributed by atoms with Crippen molar-refractivity contribution < 1.29 is 18.7 Å². The number of hydrogen-bond donors (Lipinski definition) is 2. The zero-order chi connectivity index (χ0) is 21.1. The van der Waals surface area contributed by atoms with Crippen LogP contribution in [0, 0.1) is 0 Å². The lowest BCUT2D eigenvalue weighted by Gasteiger charge is -2.13. The van der Waals surface area contributed by atoms with Crippen molar-refractivity contribution in [1.82, 2.24) is 24.9 Å². The summed E-state index contributed by atoms with van der Waals surface area (Å²) in [5.41, 5.74) is -0.328. The molecule has 0 aliphatic heterocycles. The second-order valence-corrected chi connectivity index (χ2v) is 6.62. The lowest BCUT2D eigenvalue weighted by Crippen LogP contribution is -2.39. The summed E-state index contributed by atoms with van der Waals surface area (Å²) >= 11 is 5.89. The van der Waals surface area contributed by atoms with Gasteiger partial charge in [-0.2, -0.15) is 23.7 Å². The summed E-state index contributed by atoms with van der Waals surface area (Å²) in [7, 11) is 0. The van der Waals surface area contributed by atoms with Crippen molar-refractivity contribution in [3.05, 3.63) is 63.7 Å². The van der Waals surface area contributed by atoms with Gasteiger partial charge in [0.15, 0.2) is 0 Å². The molecule has 1 aromatic carbocycles. The number of benzene rings is 1. The van der Waals surface area contributed by atoms with E-state index in [1.54, 1.807) is 31.2 Å². The first kappa shape index (κ1) is 20.6. The van der Waals surface area contributed by atoms with E-state index in [0.717, 1.165) is 17.1 Å². The predicted molar refractivity (Wildman–Crippen MR) is 101 cm³/mol. The Kier molecular flexibility index (Phi) is 6.04. The quantitative estimate of drug-likeness (QED) is 0.633. The largest absolute Gasteiger partial charge is 0.394 e. The molecular formula is C18H16ClF2N5O3. The van der Waals surface area contributed by atoms with E-state index < -0.39 is 24.1 Å². The molecule has 3 rings (SSSR count). The number of aliphatic hydroxyl groups excluding tert-OH is 1. The molecule has 0 saturated heterocycles. The van der Waals surface area contributed by atoms with Gasteiger partial charge in [0.1, 0.15) is 11.3 Å². The van der Waals surface area contributed by atoms with Gasteiger partial charge in [0.2, 0.25) is 0 Å². The Bertz CT molecular complexity index is 1080. The number of aliphatic hydroxyl groups is 1. The van der Waals surface area contributed by atoms with Crippen molar-refractivity contribution in [2.45, 2.75) is 19.5 Å². The number of amides is 1. The highest BCUT2D eigenvalue weighted by Crippen LogP contribution is 2.20. The Morgan fingerprint density at radius 3 is 2.59 bits per heavy atom. The van der Waals surface area contributed by atoms with Gasteiger partial charge in [-0.3, -0.25) is 9.59 Å². The first-order chi connectivity index (χ1) is 13.8. The van der Waals surface area contributed by atoms with Crippen molar-refractivity contribution in [3.8, 4) is 16.9 Å². The van der Waals surface area contributed by atoms with Gasteiger partial charge in [0, 0.05) is 16.6 Å². The average molecular weight is 424 g/mol. The highest BCUT2D eigenvalue weighted by molar-refractivity contribution is 6.30. The molecule has 0 aliphatic carbocycles. The van der Waals surface area contributed by atoms with Gasteiger partial charge < -0.3 is 10.4 Å². The third kappa shape index (κ3) is 4.49. The lowest BCUT2D eigenvalue weighted by molar-refractivity contribution is 0.0566. The Balaban J connectivity index is 2.16. The van der Waals surface area contributed by atoms with Crippen molar-refractivity contribution in [1.29, 1.82) is 0 Å². The van der Waals surface area contributed by atoms with Crippen molar-refractivity contribution in [3.63, 3.8) is 0 Å². The van der Waals surface area contributed by atoms with Crippen LogP contribution in [0.4, 0.5) is 8.78 Å². The van der Waals surface area contributed by atoms with Gasteiger partial charge >= 0.3 is 6.55 Å². The maximum Gasteiger partial charge on any atom is 0.333 e. The molecule has 2 N–H and O–H groups in total. The number of aromatic nitrogens is 4. The molecule has 3 aromatic rings. The number of hydrogen-bond acceptors (Lipinski definition) is 5. The Morgan fingerprint density at radius 2 is 2.00 bits per heavy atom. The number of alkyl halides is 2. The molecule has 0 unspecified atom stereocenters. The molecule has 2 aromatic heterocycles. The number of nitrogens with one attached hydrogen (secondary N) is 1. The topological polar surface area (TPSA) is 102 Å². The summed E-state index contributed by atoms with van der Waals surface area (Å²) < 4.78 is 26.9. The molecule has 0 spiro atoms. The first-order valence-corrected chi connectivity index (χ1v) is 8.82. The van der Waals surface area contributed by atoms with Gasteiger partial charge in [-0.1, -0.05) is 23.7 Å². The second kappa shape index (κ2) is 8.50. The summed E-state index contributed by atoms with van der Waals surface area (Å²) in [4.78, 5) is 25.4. The zero-order valence-electron chi connectivity index (χ0n) is 15.1. The summed E-state index contributed by atoms with van der Waals surface area (Å²) in [5.74, 6) is -0.732. The van der Waals surface area contributed by atoms with Crippen LogP contribution in [0.5, 0.6) is 0 Å². The van der Waals surface area contributed by atoms with E-state index in [1.807, 2.05) is 0 Å². The number of carbonyl (C=O) groups is 1. The third-order valence-corrected chi connectivity index (χ3v) is 4.23. The molecule has 0 fully saturated rings. The van der Waals surface area contributed by atoms with E-state index in [1.165, 1.54) is 6.07 Å². The van der Waals surface area contributed by atoms with E-state index in [2.05, 4.69) is 15.5 Å². The van der Waals surface area contributed by atoms with E-state index in [0.29, 0.717) is 15.3 Å². The molecule has 0 radical (unpaired) electrons. The molecule has 1 amide bonds. The fraction of sp³-hybridized carbons (Fsp3) is 0.222. The maximum atomic E-state index is 12.9. The second-order valence-electron chi connectivity index (χ2n) is 6.18. The average Bonchev–Trinajstić information content (AvgIpc) is 3.19. The molecule has 8 nitrogen and oxygen atoms in total. The van der Waals surface area contributed by atoms with Crippen molar-refractivity contribution >= 4 is 17.5 Å². The van der Waals surface area contributed by atoms with Crippen LogP contribution in [-0.4, -0.2) is 43.2 Å². The normalized spacial score (nSPS) is 12.2. The Labute approximate surface area is 168 Å². The van der Waals surface area contributed by atoms with Crippen LogP contribution in [0.15, 0.2) is 47.5 Å². The van der Waals surface area contributed by atoms with E-state index in [4.69, 9.17) is 16.7 Å². The molecule has 0 saturated carbocycles. The lowest BCUT2D eigenvalue weighted by atomic mass is 10.1. The maximum absolute atomic E-state index is 12.9. The summed E-state index contributed by atoms with van der Waals surface area (Å²) in [6.07, 6.45) is 1.99. The Morgan fingerprint density at radius 1 is 1.31 bits per heavy atom. The van der Waals surface area contributed by atoms with Gasteiger partial charge in [-0.25, -0.2) is 4.68 Å². The summed E-state index contributed by atoms with van der Waals surface area (Å²) in [5, 5.41) is 19.8. The zero-order valence-corrected chi connectivity index (χ0v) is 15.8. The minimum atomic E-state index is -2.90.